The number of pyridine rings is 1. The smallest absolute Gasteiger partial charge is 0.480 e. The Morgan fingerprint density at radius 3 is 2.54 bits per heavy atom. The molecule has 0 aliphatic carbocycles. The predicted octanol–water partition coefficient (Wildman–Crippen LogP) is 2.86. The molecule has 0 radical (unpaired) electrons. The van der Waals surface area contributed by atoms with Crippen molar-refractivity contribution in [3.05, 3.63) is 47.8 Å². The van der Waals surface area contributed by atoms with Gasteiger partial charge < -0.3 is 29.4 Å². The highest BCUT2D eigenvalue weighted by Gasteiger charge is 2.42. The number of methoxy groups -OCH3 is 1. The summed E-state index contributed by atoms with van der Waals surface area (Å²) >= 11 is 0. The minimum atomic E-state index is -5.29. The van der Waals surface area contributed by atoms with Crippen LogP contribution in [0.5, 0.6) is 11.6 Å². The van der Waals surface area contributed by atoms with Crippen molar-refractivity contribution in [3.63, 3.8) is 0 Å². The summed E-state index contributed by atoms with van der Waals surface area (Å²) in [5.41, 5.74) is 0.416. The molecule has 1 saturated heterocycles. The Balaban J connectivity index is 1.66. The third kappa shape index (κ3) is 5.12. The topological polar surface area (TPSA) is 123 Å². The van der Waals surface area contributed by atoms with E-state index in [0.29, 0.717) is 31.9 Å². The number of piperazine rings is 1. The molecule has 11 nitrogen and oxygen atoms in total. The number of hydrogen-bond acceptors (Lipinski definition) is 9. The standard InChI is InChI=1S/C24H21F4N7O4/c1-12-10-35-11-13(7-15(25)21(35)31-12)32-22(36)14-8-16(39-23(37)24(26,27)28)20(34-5-3-29-4-6-34)19-18(14)33-17(38-2)9-30-19/h7-11,29H,3-6H2,1-2H3,(H,32,36). The summed E-state index contributed by atoms with van der Waals surface area (Å²) in [5, 5.41) is 5.64. The molecule has 0 bridgehead atoms. The lowest BCUT2D eigenvalue weighted by Crippen LogP contribution is -2.44. The van der Waals surface area contributed by atoms with E-state index < -0.39 is 29.6 Å². The van der Waals surface area contributed by atoms with Gasteiger partial charge in [-0.05, 0) is 13.0 Å². The van der Waals surface area contributed by atoms with Crippen molar-refractivity contribution in [2.75, 3.05) is 43.5 Å². The first kappa shape index (κ1) is 26.1. The quantitative estimate of drug-likeness (QED) is 0.221. The van der Waals surface area contributed by atoms with Gasteiger partial charge >= 0.3 is 12.1 Å². The molecule has 0 unspecified atom stereocenters. The molecule has 1 amide bonds. The number of esters is 1. The van der Waals surface area contributed by atoms with Crippen molar-refractivity contribution in [2.24, 2.45) is 0 Å². The number of halogens is 4. The maximum absolute atomic E-state index is 14.6. The summed E-state index contributed by atoms with van der Waals surface area (Å²) in [6.45, 7) is 3.39. The molecule has 1 aliphatic heterocycles. The molecule has 39 heavy (non-hydrogen) atoms. The molecular formula is C24H21F4N7O4. The van der Waals surface area contributed by atoms with Crippen LogP contribution >= 0.6 is 0 Å². The zero-order chi connectivity index (χ0) is 27.9. The molecule has 1 aromatic carbocycles. The number of rotatable bonds is 5. The first-order valence-corrected chi connectivity index (χ1v) is 11.6. The van der Waals surface area contributed by atoms with E-state index in [4.69, 9.17) is 9.47 Å². The average molecular weight is 547 g/mol. The number of amides is 1. The summed E-state index contributed by atoms with van der Waals surface area (Å²) < 4.78 is 65.4. The third-order valence-corrected chi connectivity index (χ3v) is 5.94. The zero-order valence-corrected chi connectivity index (χ0v) is 20.6. The number of fused-ring (bicyclic) bond motifs is 2. The highest BCUT2D eigenvalue weighted by molar-refractivity contribution is 6.14. The number of nitrogens with zero attached hydrogens (tertiary/aromatic N) is 5. The molecule has 3 aromatic heterocycles. The lowest BCUT2D eigenvalue weighted by molar-refractivity contribution is -0.189. The van der Waals surface area contributed by atoms with E-state index in [1.807, 2.05) is 0 Å². The average Bonchev–Trinajstić information content (AvgIpc) is 3.28. The molecule has 4 heterocycles. The van der Waals surface area contributed by atoms with Gasteiger partial charge in [0, 0.05) is 44.6 Å². The summed E-state index contributed by atoms with van der Waals surface area (Å²) in [5.74, 6) is -4.53. The summed E-state index contributed by atoms with van der Waals surface area (Å²) in [7, 11) is 1.33. The lowest BCUT2D eigenvalue weighted by Gasteiger charge is -2.31. The fourth-order valence-corrected chi connectivity index (χ4v) is 4.27. The largest absolute Gasteiger partial charge is 0.491 e. The molecule has 15 heteroatoms. The minimum absolute atomic E-state index is 0.0159. The number of benzene rings is 1. The van der Waals surface area contributed by atoms with E-state index in [1.54, 1.807) is 18.0 Å². The van der Waals surface area contributed by atoms with E-state index in [9.17, 15) is 27.2 Å². The maximum Gasteiger partial charge on any atom is 0.491 e. The van der Waals surface area contributed by atoms with Crippen molar-refractivity contribution in [1.82, 2.24) is 24.7 Å². The van der Waals surface area contributed by atoms with Crippen LogP contribution < -0.4 is 25.0 Å². The van der Waals surface area contributed by atoms with Gasteiger partial charge in [0.25, 0.3) is 5.91 Å². The van der Waals surface area contributed by atoms with E-state index in [0.717, 1.165) is 12.1 Å². The number of aryl methyl sites for hydroxylation is 1. The summed E-state index contributed by atoms with van der Waals surface area (Å²) in [4.78, 5) is 39.7. The van der Waals surface area contributed by atoms with Crippen molar-refractivity contribution in [1.29, 1.82) is 0 Å². The van der Waals surface area contributed by atoms with Gasteiger partial charge in [0.1, 0.15) is 16.7 Å². The zero-order valence-electron chi connectivity index (χ0n) is 20.6. The Morgan fingerprint density at radius 2 is 1.85 bits per heavy atom. The Morgan fingerprint density at radius 1 is 1.10 bits per heavy atom. The van der Waals surface area contributed by atoms with Gasteiger partial charge in [0.05, 0.1) is 30.3 Å². The number of nitrogens with one attached hydrogen (secondary N) is 2. The van der Waals surface area contributed by atoms with Crippen LogP contribution in [0.1, 0.15) is 16.1 Å². The van der Waals surface area contributed by atoms with Crippen LogP contribution in [-0.2, 0) is 4.79 Å². The number of carbonyl (C=O) groups excluding carboxylic acids is 2. The number of ether oxygens (including phenoxy) is 2. The number of anilines is 2. The molecule has 1 aliphatic rings. The second-order valence-electron chi connectivity index (χ2n) is 8.65. The van der Waals surface area contributed by atoms with Gasteiger partial charge in [0.2, 0.25) is 5.88 Å². The number of carbonyl (C=O) groups is 2. The molecular weight excluding hydrogens is 526 g/mol. The van der Waals surface area contributed by atoms with Crippen LogP contribution in [0, 0.1) is 12.7 Å². The van der Waals surface area contributed by atoms with Crippen molar-refractivity contribution < 1.29 is 36.6 Å². The predicted molar refractivity (Wildman–Crippen MR) is 131 cm³/mol. The molecule has 0 atom stereocenters. The number of aromatic nitrogens is 4. The Bertz CT molecular complexity index is 1600. The fourth-order valence-electron chi connectivity index (χ4n) is 4.27. The molecule has 4 aromatic rings. The number of imidazole rings is 1. The normalized spacial score (nSPS) is 14.1. The van der Waals surface area contributed by atoms with E-state index in [2.05, 4.69) is 25.6 Å². The van der Waals surface area contributed by atoms with Gasteiger partial charge in [-0.1, -0.05) is 0 Å². The number of alkyl halides is 3. The number of hydrogen-bond donors (Lipinski definition) is 2. The lowest BCUT2D eigenvalue weighted by atomic mass is 10.1. The Hall–Kier alpha value is -4.53. The first-order chi connectivity index (χ1) is 18.5. The van der Waals surface area contributed by atoms with Gasteiger partial charge in [-0.15, -0.1) is 0 Å². The fraction of sp³-hybridized carbons (Fsp3) is 0.292. The van der Waals surface area contributed by atoms with Crippen LogP contribution in [0.3, 0.4) is 0 Å². The van der Waals surface area contributed by atoms with E-state index in [-0.39, 0.29) is 39.5 Å². The van der Waals surface area contributed by atoms with Crippen LogP contribution in [0.25, 0.3) is 16.7 Å². The summed E-state index contributed by atoms with van der Waals surface area (Å²) in [6.07, 6.45) is -1.09. The van der Waals surface area contributed by atoms with Crippen LogP contribution in [0.4, 0.5) is 28.9 Å². The van der Waals surface area contributed by atoms with Gasteiger partial charge in [-0.3, -0.25) is 4.79 Å². The van der Waals surface area contributed by atoms with Crippen LogP contribution in [0.15, 0.2) is 30.7 Å². The van der Waals surface area contributed by atoms with Crippen LogP contribution in [-0.4, -0.2) is 70.7 Å². The molecule has 1 fully saturated rings. The molecule has 5 rings (SSSR count). The molecule has 2 N–H and O–H groups in total. The first-order valence-electron chi connectivity index (χ1n) is 11.6. The highest BCUT2D eigenvalue weighted by Crippen LogP contribution is 2.39. The highest BCUT2D eigenvalue weighted by atomic mass is 19.4. The van der Waals surface area contributed by atoms with Crippen molar-refractivity contribution in [2.45, 2.75) is 13.1 Å². The third-order valence-electron chi connectivity index (χ3n) is 5.94. The van der Waals surface area contributed by atoms with E-state index in [1.165, 1.54) is 23.9 Å². The van der Waals surface area contributed by atoms with Crippen molar-refractivity contribution >= 4 is 39.9 Å². The second kappa shape index (κ2) is 9.98. The summed E-state index contributed by atoms with van der Waals surface area (Å²) in [6, 6.07) is 2.04. The van der Waals surface area contributed by atoms with Gasteiger partial charge in [0.15, 0.2) is 17.2 Å². The SMILES string of the molecule is COc1cnc2c(N3CCNCC3)c(OC(=O)C(F)(F)F)cc(C(=O)Nc3cc(F)c4nc(C)cn4c3)c2n1. The van der Waals surface area contributed by atoms with Gasteiger partial charge in [-0.25, -0.2) is 24.1 Å². The van der Waals surface area contributed by atoms with Crippen molar-refractivity contribution in [3.8, 4) is 11.6 Å². The second-order valence-corrected chi connectivity index (χ2v) is 8.65. The Kier molecular flexibility index (Phi) is 6.68. The Labute approximate surface area is 217 Å². The minimum Gasteiger partial charge on any atom is -0.480 e. The molecule has 0 saturated carbocycles. The molecule has 0 spiro atoms. The van der Waals surface area contributed by atoms with Crippen LogP contribution in [0.2, 0.25) is 0 Å². The van der Waals surface area contributed by atoms with E-state index >= 15 is 0 Å². The van der Waals surface area contributed by atoms with Gasteiger partial charge in [-0.2, -0.15) is 13.2 Å². The maximum atomic E-state index is 14.6. The molecule has 204 valence electrons. The monoisotopic (exact) mass is 547 g/mol.